The molecule has 0 heterocycles. The molecule has 0 aromatic heterocycles. The van der Waals surface area contributed by atoms with Crippen molar-refractivity contribution in [1.82, 2.24) is 5.32 Å². The fraction of sp³-hybridized carbons (Fsp3) is 0.161. The molecule has 6 heteroatoms. The first-order valence-electron chi connectivity index (χ1n) is 12.0. The third-order valence-electron chi connectivity index (χ3n) is 6.00. The molecule has 4 rings (SSSR count). The second kappa shape index (κ2) is 11.9. The van der Waals surface area contributed by atoms with Gasteiger partial charge < -0.3 is 19.7 Å². The minimum absolute atomic E-state index is 0.0815. The third-order valence-corrected chi connectivity index (χ3v) is 6.00. The summed E-state index contributed by atoms with van der Waals surface area (Å²) in [6.07, 6.45) is 1.77. The highest BCUT2D eigenvalue weighted by atomic mass is 16.5. The number of hydrogen-bond acceptors (Lipinski definition) is 5. The quantitative estimate of drug-likeness (QED) is 0.247. The van der Waals surface area contributed by atoms with Crippen LogP contribution in [0, 0.1) is 0 Å². The predicted octanol–water partition coefficient (Wildman–Crippen LogP) is 5.47. The summed E-state index contributed by atoms with van der Waals surface area (Å²) in [6, 6.07) is 28.7. The van der Waals surface area contributed by atoms with Gasteiger partial charge in [0, 0.05) is 31.7 Å². The highest BCUT2D eigenvalue weighted by Gasteiger charge is 2.13. The number of carbonyl (C=O) groups excluding carboxylic acids is 2. The van der Waals surface area contributed by atoms with Crippen LogP contribution in [0.1, 0.15) is 21.5 Å². The lowest BCUT2D eigenvalue weighted by Crippen LogP contribution is -2.27. The van der Waals surface area contributed by atoms with Gasteiger partial charge in [-0.1, -0.05) is 60.7 Å². The molecule has 0 saturated carbocycles. The van der Waals surface area contributed by atoms with Crippen LogP contribution >= 0.6 is 0 Å². The zero-order valence-corrected chi connectivity index (χ0v) is 21.2. The zero-order chi connectivity index (χ0) is 26.2. The van der Waals surface area contributed by atoms with Gasteiger partial charge in [0.2, 0.25) is 0 Å². The Kier molecular flexibility index (Phi) is 8.21. The molecule has 0 spiro atoms. The fourth-order valence-corrected chi connectivity index (χ4v) is 3.89. The number of fused-ring (bicyclic) bond motifs is 1. The second-order valence-corrected chi connectivity index (χ2v) is 8.79. The summed E-state index contributed by atoms with van der Waals surface area (Å²) in [5.74, 6) is 0.0687. The van der Waals surface area contributed by atoms with Crippen LogP contribution in [0.2, 0.25) is 0 Å². The van der Waals surface area contributed by atoms with Gasteiger partial charge in [-0.25, -0.2) is 4.79 Å². The SMILES string of the molecule is COC(=O)c1ccc(C=C(COc2cccc3ccccc23)C(=O)NCc2ccc(N(C)C)cc2)cc1. The van der Waals surface area contributed by atoms with Crippen molar-refractivity contribution < 1.29 is 19.1 Å². The summed E-state index contributed by atoms with van der Waals surface area (Å²) in [5.41, 5.74) is 3.77. The van der Waals surface area contributed by atoms with E-state index in [0.29, 0.717) is 23.4 Å². The molecule has 4 aromatic rings. The highest BCUT2D eigenvalue weighted by Crippen LogP contribution is 2.26. The topological polar surface area (TPSA) is 67.9 Å². The van der Waals surface area contributed by atoms with Crippen LogP contribution < -0.4 is 15.0 Å². The molecular weight excluding hydrogens is 464 g/mol. The average Bonchev–Trinajstić information content (AvgIpc) is 2.94. The van der Waals surface area contributed by atoms with E-state index in [4.69, 9.17) is 9.47 Å². The molecule has 0 aliphatic rings. The first kappa shape index (κ1) is 25.5. The summed E-state index contributed by atoms with van der Waals surface area (Å²) >= 11 is 0. The Morgan fingerprint density at radius 3 is 2.27 bits per heavy atom. The largest absolute Gasteiger partial charge is 0.488 e. The van der Waals surface area contributed by atoms with Crippen molar-refractivity contribution >= 4 is 34.4 Å². The number of nitrogens with zero attached hydrogens (tertiary/aromatic N) is 1. The van der Waals surface area contributed by atoms with Gasteiger partial charge in [-0.15, -0.1) is 0 Å². The lowest BCUT2D eigenvalue weighted by molar-refractivity contribution is -0.117. The van der Waals surface area contributed by atoms with Crippen LogP contribution in [-0.4, -0.2) is 39.7 Å². The van der Waals surface area contributed by atoms with Crippen LogP contribution in [-0.2, 0) is 16.1 Å². The molecule has 0 aliphatic carbocycles. The van der Waals surface area contributed by atoms with E-state index in [0.717, 1.165) is 27.6 Å². The van der Waals surface area contributed by atoms with E-state index in [1.54, 1.807) is 30.3 Å². The standard InChI is InChI=1S/C31H30N2O4/c1-33(2)27-17-13-23(14-18-27)20-32-30(34)26(19-22-11-15-25(16-12-22)31(35)36-3)21-37-29-10-6-8-24-7-4-5-9-28(24)29/h4-19H,20-21H2,1-3H3,(H,32,34). The highest BCUT2D eigenvalue weighted by molar-refractivity contribution is 5.98. The molecule has 37 heavy (non-hydrogen) atoms. The number of benzene rings is 4. The van der Waals surface area contributed by atoms with Gasteiger partial charge in [0.1, 0.15) is 12.4 Å². The Morgan fingerprint density at radius 2 is 1.57 bits per heavy atom. The van der Waals surface area contributed by atoms with Gasteiger partial charge in [0.15, 0.2) is 0 Å². The minimum Gasteiger partial charge on any atom is -0.488 e. The second-order valence-electron chi connectivity index (χ2n) is 8.79. The van der Waals surface area contributed by atoms with Crippen molar-refractivity contribution in [3.63, 3.8) is 0 Å². The summed E-state index contributed by atoms with van der Waals surface area (Å²) in [4.78, 5) is 27.1. The van der Waals surface area contributed by atoms with E-state index < -0.39 is 5.97 Å². The maximum absolute atomic E-state index is 13.3. The van der Waals surface area contributed by atoms with Crippen LogP contribution in [0.25, 0.3) is 16.8 Å². The predicted molar refractivity (Wildman–Crippen MR) is 148 cm³/mol. The number of rotatable bonds is 9. The third kappa shape index (κ3) is 6.55. The van der Waals surface area contributed by atoms with Crippen molar-refractivity contribution in [2.45, 2.75) is 6.54 Å². The van der Waals surface area contributed by atoms with E-state index in [1.807, 2.05) is 85.7 Å². The molecule has 0 aliphatic heterocycles. The lowest BCUT2D eigenvalue weighted by atomic mass is 10.1. The number of anilines is 1. The van der Waals surface area contributed by atoms with E-state index in [1.165, 1.54) is 7.11 Å². The van der Waals surface area contributed by atoms with Gasteiger partial charge >= 0.3 is 5.97 Å². The maximum atomic E-state index is 13.3. The van der Waals surface area contributed by atoms with Crippen LogP contribution in [0.5, 0.6) is 5.75 Å². The molecule has 6 nitrogen and oxygen atoms in total. The maximum Gasteiger partial charge on any atom is 0.337 e. The molecule has 0 saturated heterocycles. The molecule has 1 amide bonds. The summed E-state index contributed by atoms with van der Waals surface area (Å²) < 4.78 is 10.9. The number of nitrogens with one attached hydrogen (secondary N) is 1. The van der Waals surface area contributed by atoms with Crippen LogP contribution in [0.3, 0.4) is 0 Å². The van der Waals surface area contributed by atoms with Crippen molar-refractivity contribution in [3.8, 4) is 5.75 Å². The van der Waals surface area contributed by atoms with Gasteiger partial charge in [-0.3, -0.25) is 4.79 Å². The average molecular weight is 495 g/mol. The monoisotopic (exact) mass is 494 g/mol. The number of ether oxygens (including phenoxy) is 2. The smallest absolute Gasteiger partial charge is 0.337 e. The molecule has 0 atom stereocenters. The number of carbonyl (C=O) groups is 2. The van der Waals surface area contributed by atoms with Crippen molar-refractivity contribution in [3.05, 3.63) is 113 Å². The number of hydrogen-bond donors (Lipinski definition) is 1. The lowest BCUT2D eigenvalue weighted by Gasteiger charge is -2.14. The van der Waals surface area contributed by atoms with E-state index in [9.17, 15) is 9.59 Å². The Balaban J connectivity index is 1.54. The van der Waals surface area contributed by atoms with E-state index >= 15 is 0 Å². The number of methoxy groups -OCH3 is 1. The first-order valence-corrected chi connectivity index (χ1v) is 12.0. The zero-order valence-electron chi connectivity index (χ0n) is 21.2. The molecule has 1 N–H and O–H groups in total. The molecular formula is C31H30N2O4. The van der Waals surface area contributed by atoms with Gasteiger partial charge in [0.05, 0.1) is 18.2 Å². The van der Waals surface area contributed by atoms with Crippen molar-refractivity contribution in [2.75, 3.05) is 32.7 Å². The number of esters is 1. The Morgan fingerprint density at radius 1 is 0.865 bits per heavy atom. The summed E-state index contributed by atoms with van der Waals surface area (Å²) in [6.45, 7) is 0.470. The first-order chi connectivity index (χ1) is 17.9. The summed E-state index contributed by atoms with van der Waals surface area (Å²) in [5, 5.41) is 5.05. The van der Waals surface area contributed by atoms with Gasteiger partial charge in [0.25, 0.3) is 5.91 Å². The Labute approximate surface area is 217 Å². The van der Waals surface area contributed by atoms with Gasteiger partial charge in [-0.05, 0) is 52.9 Å². The molecule has 0 fully saturated rings. The van der Waals surface area contributed by atoms with Gasteiger partial charge in [-0.2, -0.15) is 0 Å². The van der Waals surface area contributed by atoms with Crippen LogP contribution in [0.15, 0.2) is 96.6 Å². The van der Waals surface area contributed by atoms with E-state index in [2.05, 4.69) is 5.32 Å². The van der Waals surface area contributed by atoms with Crippen LogP contribution in [0.4, 0.5) is 5.69 Å². The molecule has 4 aromatic carbocycles. The molecule has 0 bridgehead atoms. The Bertz CT molecular complexity index is 1400. The van der Waals surface area contributed by atoms with Crippen molar-refractivity contribution in [2.24, 2.45) is 0 Å². The Hall–Kier alpha value is -4.58. The molecule has 188 valence electrons. The van der Waals surface area contributed by atoms with E-state index in [-0.39, 0.29) is 12.5 Å². The minimum atomic E-state index is -0.409. The van der Waals surface area contributed by atoms with Crippen molar-refractivity contribution in [1.29, 1.82) is 0 Å². The normalized spacial score (nSPS) is 11.2. The number of amides is 1. The fourth-order valence-electron chi connectivity index (χ4n) is 3.89. The molecule has 0 unspecified atom stereocenters. The summed E-state index contributed by atoms with van der Waals surface area (Å²) in [7, 11) is 5.32. The molecule has 0 radical (unpaired) electrons.